The molecule has 1 fully saturated rings. The first kappa shape index (κ1) is 24.8. The number of nitrogens with zero attached hydrogens (tertiary/aromatic N) is 3. The lowest BCUT2D eigenvalue weighted by Crippen LogP contribution is -2.51. The first-order valence-corrected chi connectivity index (χ1v) is 11.6. The van der Waals surface area contributed by atoms with Crippen molar-refractivity contribution in [3.05, 3.63) is 68.7 Å². The lowest BCUT2D eigenvalue weighted by Gasteiger charge is -2.35. The molecule has 2 aromatic rings. The van der Waals surface area contributed by atoms with Gasteiger partial charge in [-0.1, -0.05) is 34.4 Å². The number of carbonyl (C=O) groups excluding carboxylic acids is 1. The molecule has 0 aliphatic carbocycles. The third-order valence-electron chi connectivity index (χ3n) is 6.19. The van der Waals surface area contributed by atoms with E-state index < -0.39 is 18.3 Å². The summed E-state index contributed by atoms with van der Waals surface area (Å²) in [7, 11) is 0. The zero-order chi connectivity index (χ0) is 24.7. The average molecular weight is 514 g/mol. The van der Waals surface area contributed by atoms with Crippen LogP contribution in [0, 0.1) is 6.92 Å². The largest absolute Gasteiger partial charge is 0.401 e. The van der Waals surface area contributed by atoms with Gasteiger partial charge >= 0.3 is 6.18 Å². The summed E-state index contributed by atoms with van der Waals surface area (Å²) in [6.45, 7) is 3.71. The molecule has 1 atom stereocenters. The van der Waals surface area contributed by atoms with Crippen molar-refractivity contribution in [2.24, 2.45) is 5.16 Å². The summed E-state index contributed by atoms with van der Waals surface area (Å²) in [5.74, 6) is -0.182. The minimum absolute atomic E-state index is 0.182. The Kier molecular flexibility index (Phi) is 6.86. The maximum atomic E-state index is 13.0. The van der Waals surface area contributed by atoms with Crippen molar-refractivity contribution in [1.82, 2.24) is 9.80 Å². The zero-order valence-corrected chi connectivity index (χ0v) is 20.3. The Morgan fingerprint density at radius 1 is 1.09 bits per heavy atom. The van der Waals surface area contributed by atoms with Crippen molar-refractivity contribution in [2.75, 3.05) is 32.7 Å². The molecule has 2 aliphatic rings. The van der Waals surface area contributed by atoms with Crippen LogP contribution in [0.5, 0.6) is 0 Å². The number of aryl methyl sites for hydroxylation is 1. The molecule has 4 rings (SSSR count). The van der Waals surface area contributed by atoms with E-state index in [0.717, 1.165) is 22.4 Å². The topological polar surface area (TPSA) is 45.1 Å². The van der Waals surface area contributed by atoms with Gasteiger partial charge in [0.05, 0.1) is 12.3 Å². The van der Waals surface area contributed by atoms with Gasteiger partial charge in [-0.05, 0) is 55.3 Å². The quantitative estimate of drug-likeness (QED) is 0.529. The lowest BCUT2D eigenvalue weighted by molar-refractivity contribution is -0.148. The van der Waals surface area contributed by atoms with Crippen LogP contribution in [0.1, 0.15) is 40.4 Å². The summed E-state index contributed by atoms with van der Waals surface area (Å²) in [6.07, 6.45) is -3.74. The molecule has 1 amide bonds. The number of amides is 1. The predicted octanol–water partition coefficient (Wildman–Crippen LogP) is 5.66. The summed E-state index contributed by atoms with van der Waals surface area (Å²) in [5.41, 5.74) is 2.96. The van der Waals surface area contributed by atoms with Gasteiger partial charge in [0.25, 0.3) is 5.91 Å². The molecule has 0 bridgehead atoms. The summed E-state index contributed by atoms with van der Waals surface area (Å²) < 4.78 is 37.8. The molecule has 0 spiro atoms. The van der Waals surface area contributed by atoms with Crippen LogP contribution in [-0.4, -0.2) is 60.3 Å². The van der Waals surface area contributed by atoms with E-state index in [-0.39, 0.29) is 32.1 Å². The van der Waals surface area contributed by atoms with Crippen LogP contribution < -0.4 is 0 Å². The zero-order valence-electron chi connectivity index (χ0n) is 18.8. The Balaban J connectivity index is 1.43. The SMILES string of the molecule is Cc1cc(C2=NOC(C)(c3cc(Cl)cc(Cl)c3)C2)ccc1C(=O)N1CCN(CC(F)(F)F)CC1. The van der Waals surface area contributed by atoms with E-state index in [1.54, 1.807) is 29.2 Å². The second-order valence-electron chi connectivity index (χ2n) is 8.91. The molecule has 1 saturated heterocycles. The molecule has 34 heavy (non-hydrogen) atoms. The first-order chi connectivity index (χ1) is 15.9. The van der Waals surface area contributed by atoms with Crippen LogP contribution in [0.15, 0.2) is 41.6 Å². The van der Waals surface area contributed by atoms with Gasteiger partial charge in [-0.25, -0.2) is 0 Å². The van der Waals surface area contributed by atoms with Gasteiger partial charge in [0, 0.05) is 53.8 Å². The molecule has 5 nitrogen and oxygen atoms in total. The monoisotopic (exact) mass is 513 g/mol. The van der Waals surface area contributed by atoms with Crippen molar-refractivity contribution in [1.29, 1.82) is 0 Å². The maximum absolute atomic E-state index is 13.0. The van der Waals surface area contributed by atoms with E-state index in [0.29, 0.717) is 22.0 Å². The molecule has 2 heterocycles. The van der Waals surface area contributed by atoms with Crippen molar-refractivity contribution < 1.29 is 22.8 Å². The molecular formula is C24H24Cl2F3N3O2. The van der Waals surface area contributed by atoms with Gasteiger partial charge < -0.3 is 9.74 Å². The number of hydrogen-bond acceptors (Lipinski definition) is 4. The van der Waals surface area contributed by atoms with Crippen molar-refractivity contribution in [2.45, 2.75) is 32.0 Å². The Hall–Kier alpha value is -2.29. The first-order valence-electron chi connectivity index (χ1n) is 10.8. The fourth-order valence-electron chi connectivity index (χ4n) is 4.32. The number of benzene rings is 2. The van der Waals surface area contributed by atoms with E-state index in [1.807, 2.05) is 26.0 Å². The minimum atomic E-state index is -4.24. The highest BCUT2D eigenvalue weighted by molar-refractivity contribution is 6.34. The van der Waals surface area contributed by atoms with Crippen LogP contribution >= 0.6 is 23.2 Å². The Morgan fingerprint density at radius 2 is 1.74 bits per heavy atom. The summed E-state index contributed by atoms with van der Waals surface area (Å²) in [6, 6.07) is 10.7. The van der Waals surface area contributed by atoms with E-state index >= 15 is 0 Å². The number of carbonyl (C=O) groups is 1. The smallest absolute Gasteiger partial charge is 0.384 e. The van der Waals surface area contributed by atoms with Crippen LogP contribution in [0.4, 0.5) is 13.2 Å². The van der Waals surface area contributed by atoms with Crippen LogP contribution in [0.3, 0.4) is 0 Å². The van der Waals surface area contributed by atoms with Gasteiger partial charge in [-0.2, -0.15) is 13.2 Å². The predicted molar refractivity (Wildman–Crippen MR) is 126 cm³/mol. The molecule has 182 valence electrons. The van der Waals surface area contributed by atoms with E-state index in [4.69, 9.17) is 28.0 Å². The Morgan fingerprint density at radius 3 is 2.32 bits per heavy atom. The van der Waals surface area contributed by atoms with Crippen molar-refractivity contribution >= 4 is 34.8 Å². The fraction of sp³-hybridized carbons (Fsp3) is 0.417. The highest BCUT2D eigenvalue weighted by Gasteiger charge is 2.37. The normalized spacial score (nSPS) is 21.4. The molecule has 10 heteroatoms. The third-order valence-corrected chi connectivity index (χ3v) is 6.62. The third kappa shape index (κ3) is 5.50. The average Bonchev–Trinajstić information content (AvgIpc) is 3.15. The number of halogens is 5. The summed E-state index contributed by atoms with van der Waals surface area (Å²) in [4.78, 5) is 21.7. The van der Waals surface area contributed by atoms with Gasteiger partial charge in [-0.3, -0.25) is 9.69 Å². The van der Waals surface area contributed by atoms with Gasteiger partial charge in [0.2, 0.25) is 0 Å². The maximum Gasteiger partial charge on any atom is 0.401 e. The van der Waals surface area contributed by atoms with Gasteiger partial charge in [-0.15, -0.1) is 0 Å². The standard InChI is InChI=1S/C24H24Cl2F3N3O2/c1-15-9-16(21-13-23(2,34-30-21)17-10-18(25)12-19(26)11-17)3-4-20(15)22(33)32-7-5-31(6-8-32)14-24(27,28)29/h3-4,9-12H,5-8,13-14H2,1-2H3. The minimum Gasteiger partial charge on any atom is -0.384 e. The molecule has 0 N–H and O–H groups in total. The molecule has 0 saturated carbocycles. The number of hydrogen-bond donors (Lipinski definition) is 0. The van der Waals surface area contributed by atoms with Gasteiger partial charge in [0.15, 0.2) is 5.60 Å². The van der Waals surface area contributed by atoms with Crippen LogP contribution in [-0.2, 0) is 10.4 Å². The number of alkyl halides is 3. The molecular weight excluding hydrogens is 490 g/mol. The summed E-state index contributed by atoms with van der Waals surface area (Å²) >= 11 is 12.3. The van der Waals surface area contributed by atoms with Gasteiger partial charge in [0.1, 0.15) is 0 Å². The number of oxime groups is 1. The molecule has 1 unspecified atom stereocenters. The van der Waals surface area contributed by atoms with Crippen LogP contribution in [0.2, 0.25) is 10.0 Å². The lowest BCUT2D eigenvalue weighted by atomic mass is 9.88. The van der Waals surface area contributed by atoms with Crippen LogP contribution in [0.25, 0.3) is 0 Å². The number of piperazine rings is 1. The second kappa shape index (κ2) is 9.40. The summed E-state index contributed by atoms with van der Waals surface area (Å²) in [5, 5.41) is 5.30. The highest BCUT2D eigenvalue weighted by atomic mass is 35.5. The van der Waals surface area contributed by atoms with Crippen molar-refractivity contribution in [3.63, 3.8) is 0 Å². The molecule has 2 aliphatic heterocycles. The highest BCUT2D eigenvalue weighted by Crippen LogP contribution is 2.38. The molecule has 0 radical (unpaired) electrons. The number of rotatable bonds is 4. The van der Waals surface area contributed by atoms with E-state index in [2.05, 4.69) is 5.16 Å². The van der Waals surface area contributed by atoms with Crippen molar-refractivity contribution in [3.8, 4) is 0 Å². The second-order valence-corrected chi connectivity index (χ2v) is 9.78. The Labute approximate surface area is 206 Å². The molecule has 2 aromatic carbocycles. The van der Waals surface area contributed by atoms with E-state index in [1.165, 1.54) is 4.90 Å². The Bertz CT molecular complexity index is 1110. The molecule has 0 aromatic heterocycles. The fourth-order valence-corrected chi connectivity index (χ4v) is 4.85. The van der Waals surface area contributed by atoms with E-state index in [9.17, 15) is 18.0 Å².